The van der Waals surface area contributed by atoms with Gasteiger partial charge in [0, 0.05) is 0 Å². The number of rotatable bonds is 0. The molecule has 1 atom stereocenters. The molecule has 0 saturated heterocycles. The van der Waals surface area contributed by atoms with E-state index < -0.39 is 0 Å². The second-order valence-electron chi connectivity index (χ2n) is 3.56. The summed E-state index contributed by atoms with van der Waals surface area (Å²) in [4.78, 5) is 0. The standard InChI is InChI=1S/C12H7BrP.3ClH.Zr/c13-10-1-2-11-9(6-10)5-8-3-4-14-7-12(8)11;;;;/h1-6,14H;3*1H;/q;;;;+3/p-3. The molecule has 0 spiro atoms. The van der Waals surface area contributed by atoms with Crippen LogP contribution in [0, 0.1) is 0 Å². The fourth-order valence-corrected chi connectivity index (χ4v) is 4.51. The van der Waals surface area contributed by atoms with Gasteiger partial charge in [0.05, 0.1) is 0 Å². The molecule has 18 heavy (non-hydrogen) atoms. The summed E-state index contributed by atoms with van der Waals surface area (Å²) in [6, 6.07) is 11.1. The van der Waals surface area contributed by atoms with Crippen molar-refractivity contribution in [2.45, 2.75) is 0 Å². The number of hydrogen-bond donors (Lipinski definition) is 0. The van der Waals surface area contributed by atoms with E-state index in [0.29, 0.717) is 0 Å². The first-order valence-electron chi connectivity index (χ1n) is 4.67. The summed E-state index contributed by atoms with van der Waals surface area (Å²) < 4.78 is 2.76. The van der Waals surface area contributed by atoms with Crippen molar-refractivity contribution in [2.75, 3.05) is 0 Å². The molecule has 0 N–H and O–H groups in total. The van der Waals surface area contributed by atoms with Crippen molar-refractivity contribution in [3.05, 3.63) is 40.6 Å². The van der Waals surface area contributed by atoms with Gasteiger partial charge in [-0.15, -0.1) is 0 Å². The third-order valence-corrected chi connectivity index (χ3v) is 5.67. The van der Waals surface area contributed by atoms with Crippen LogP contribution < -0.4 is 40.2 Å². The molecule has 1 aromatic rings. The zero-order valence-corrected chi connectivity index (χ0v) is 16.3. The van der Waals surface area contributed by atoms with E-state index in [-0.39, 0.29) is 37.2 Å². The van der Waals surface area contributed by atoms with Crippen LogP contribution in [0.1, 0.15) is 0 Å². The molecule has 1 aliphatic heterocycles. The van der Waals surface area contributed by atoms with Crippen molar-refractivity contribution < 1.29 is 61.9 Å². The van der Waals surface area contributed by atoms with E-state index in [1.807, 2.05) is 0 Å². The minimum absolute atomic E-state index is 0. The molecule has 6 heteroatoms. The Balaban J connectivity index is 0.000000963. The first-order chi connectivity index (χ1) is 7.25. The van der Waals surface area contributed by atoms with Crippen LogP contribution in [-0.4, -0.2) is 0 Å². The van der Waals surface area contributed by atoms with E-state index in [1.165, 1.54) is 21.9 Å². The van der Waals surface area contributed by atoms with Crippen LogP contribution in [0.3, 0.4) is 0 Å². The summed E-state index contributed by atoms with van der Waals surface area (Å²) in [6.07, 6.45) is 0. The molecule has 1 aliphatic carbocycles. The SMILES string of the molecule is Brc1ccc2c3[c]([Zr+3])[pH]ccc-3cc2c1.[Cl-].[Cl-].[Cl-]. The average molecular weight is 460 g/mol. The van der Waals surface area contributed by atoms with Gasteiger partial charge in [0.2, 0.25) is 0 Å². The maximum Gasteiger partial charge on any atom is -1.00 e. The van der Waals surface area contributed by atoms with Crippen LogP contribution in [0.4, 0.5) is 0 Å². The van der Waals surface area contributed by atoms with Gasteiger partial charge in [-0.1, -0.05) is 0 Å². The molecular formula is C12H7BrCl3PZr. The molecule has 1 unspecified atom stereocenters. The smallest absolute Gasteiger partial charge is 1.00 e. The van der Waals surface area contributed by atoms with Crippen molar-refractivity contribution >= 4 is 37.9 Å². The number of benzene rings is 1. The number of fused-ring (bicyclic) bond motifs is 3. The van der Waals surface area contributed by atoms with Gasteiger partial charge < -0.3 is 37.2 Å². The van der Waals surface area contributed by atoms with Crippen LogP contribution in [0.15, 0.2) is 40.6 Å². The van der Waals surface area contributed by atoms with Crippen molar-refractivity contribution in [3.8, 4) is 11.1 Å². The molecule has 1 aromatic carbocycles. The van der Waals surface area contributed by atoms with E-state index in [2.05, 4.69) is 52.1 Å². The molecule has 0 nitrogen and oxygen atoms in total. The van der Waals surface area contributed by atoms with Crippen LogP contribution in [0.25, 0.3) is 21.9 Å². The van der Waals surface area contributed by atoms with E-state index in [9.17, 15) is 0 Å². The Kier molecular flexibility index (Phi) is 8.09. The molecule has 92 valence electrons. The summed E-state index contributed by atoms with van der Waals surface area (Å²) in [5.41, 5.74) is 2.89. The first-order valence-corrected chi connectivity index (χ1v) is 7.76. The molecule has 0 saturated carbocycles. The van der Waals surface area contributed by atoms with Crippen molar-refractivity contribution in [1.82, 2.24) is 0 Å². The second kappa shape index (κ2) is 7.68. The van der Waals surface area contributed by atoms with Crippen molar-refractivity contribution in [1.29, 1.82) is 0 Å². The Morgan fingerprint density at radius 1 is 1.00 bits per heavy atom. The zero-order chi connectivity index (χ0) is 10.4. The summed E-state index contributed by atoms with van der Waals surface area (Å²) >= 11 is 5.07. The second-order valence-corrected chi connectivity index (χ2v) is 8.05. The molecule has 0 fully saturated rings. The minimum atomic E-state index is 0. The summed E-state index contributed by atoms with van der Waals surface area (Å²) in [5, 5.41) is 2.77. The number of halogens is 4. The molecule has 3 rings (SSSR count). The monoisotopic (exact) mass is 456 g/mol. The molecule has 1 heterocycles. The van der Waals surface area contributed by atoms with Gasteiger partial charge in [-0.25, -0.2) is 0 Å². The van der Waals surface area contributed by atoms with Crippen molar-refractivity contribution in [3.63, 3.8) is 0 Å². The largest absolute Gasteiger partial charge is 1.00 e. The van der Waals surface area contributed by atoms with Crippen molar-refractivity contribution in [2.24, 2.45) is 0 Å². The van der Waals surface area contributed by atoms with Gasteiger partial charge in [0.15, 0.2) is 0 Å². The van der Waals surface area contributed by atoms with E-state index in [0.717, 1.165) is 12.7 Å². The maximum absolute atomic E-state index is 3.52. The Morgan fingerprint density at radius 2 is 1.72 bits per heavy atom. The molecule has 0 radical (unpaired) electrons. The van der Waals surface area contributed by atoms with Crippen LogP contribution in [-0.2, 0) is 24.7 Å². The third kappa shape index (κ3) is 3.35. The molecule has 0 aromatic heterocycles. The van der Waals surface area contributed by atoms with Gasteiger partial charge >= 0.3 is 114 Å². The van der Waals surface area contributed by atoms with Gasteiger partial charge in [-0.2, -0.15) is 0 Å². The molecule has 0 amide bonds. The average Bonchev–Trinajstić information content (AvgIpc) is 2.56. The quantitative estimate of drug-likeness (QED) is 0.316. The zero-order valence-electron chi connectivity index (χ0n) is 8.98. The summed E-state index contributed by atoms with van der Waals surface area (Å²) in [6.45, 7) is 0. The van der Waals surface area contributed by atoms with Gasteiger partial charge in [-0.05, 0) is 0 Å². The Morgan fingerprint density at radius 3 is 2.44 bits per heavy atom. The van der Waals surface area contributed by atoms with Gasteiger partial charge in [-0.3, -0.25) is 0 Å². The van der Waals surface area contributed by atoms with E-state index in [4.69, 9.17) is 0 Å². The number of hydrogen-bond acceptors (Lipinski definition) is 0. The Labute approximate surface area is 150 Å². The molecule has 0 bridgehead atoms. The third-order valence-electron chi connectivity index (χ3n) is 2.62. The fourth-order valence-electron chi connectivity index (χ4n) is 1.97. The maximum atomic E-state index is 3.52. The Bertz CT molecular complexity index is 626. The van der Waals surface area contributed by atoms with Crippen LogP contribution >= 0.6 is 24.1 Å². The minimum Gasteiger partial charge on any atom is -1.00 e. The van der Waals surface area contributed by atoms with Crippen LogP contribution in [0.5, 0.6) is 0 Å². The predicted molar refractivity (Wildman–Crippen MR) is 67.4 cm³/mol. The summed E-state index contributed by atoms with van der Waals surface area (Å²) in [5.74, 6) is 2.29. The normalized spacial score (nSPS) is 9.94. The topological polar surface area (TPSA) is 0 Å². The first kappa shape index (κ1) is 19.0. The van der Waals surface area contributed by atoms with Crippen LogP contribution in [0.2, 0.25) is 0 Å². The Hall–Kier alpha value is 0.973. The van der Waals surface area contributed by atoms with E-state index in [1.54, 1.807) is 27.7 Å². The fraction of sp³-hybridized carbons (Fsp3) is 0. The van der Waals surface area contributed by atoms with Gasteiger partial charge in [0.25, 0.3) is 0 Å². The molecule has 2 aliphatic rings. The summed E-state index contributed by atoms with van der Waals surface area (Å²) in [7, 11) is 0.884. The van der Waals surface area contributed by atoms with E-state index >= 15 is 0 Å². The van der Waals surface area contributed by atoms with Gasteiger partial charge in [0.1, 0.15) is 0 Å². The molecular weight excluding hydrogens is 453 g/mol. The predicted octanol–water partition coefficient (Wildman–Crippen LogP) is -5.08.